The molecule has 1 fully saturated rings. The van der Waals surface area contributed by atoms with Crippen LogP contribution < -0.4 is 0 Å². The van der Waals surface area contributed by atoms with Crippen molar-refractivity contribution in [2.24, 2.45) is 0 Å². The van der Waals surface area contributed by atoms with Crippen molar-refractivity contribution in [3.8, 4) is 5.82 Å². The predicted octanol–water partition coefficient (Wildman–Crippen LogP) is 4.05. The van der Waals surface area contributed by atoms with Gasteiger partial charge in [0.2, 0.25) is 0 Å². The van der Waals surface area contributed by atoms with Crippen LogP contribution in [-0.2, 0) is 18.4 Å². The summed E-state index contributed by atoms with van der Waals surface area (Å²) in [6.45, 7) is 9.06. The lowest BCUT2D eigenvalue weighted by molar-refractivity contribution is 0.103. The Morgan fingerprint density at radius 3 is 2.83 bits per heavy atom. The van der Waals surface area contributed by atoms with Gasteiger partial charge in [-0.3, -0.25) is 4.90 Å². The third-order valence-electron chi connectivity index (χ3n) is 6.52. The average Bonchev–Trinajstić information content (AvgIpc) is 3.21. The lowest BCUT2D eigenvalue weighted by Crippen LogP contribution is -2.46. The molecule has 3 heterocycles. The number of aryl methyl sites for hydroxylation is 1. The van der Waals surface area contributed by atoms with E-state index in [0.717, 1.165) is 38.2 Å². The topological polar surface area (TPSA) is 54.2 Å². The van der Waals surface area contributed by atoms with Crippen molar-refractivity contribution >= 4 is 0 Å². The van der Waals surface area contributed by atoms with Crippen LogP contribution in [0.1, 0.15) is 48.9 Å². The molecule has 0 spiro atoms. The highest BCUT2D eigenvalue weighted by molar-refractivity contribution is 5.38. The number of hydrogen-bond acceptors (Lipinski definition) is 4. The third kappa shape index (κ3) is 4.32. The first-order valence-corrected chi connectivity index (χ1v) is 10.9. The first-order valence-electron chi connectivity index (χ1n) is 10.9. The number of rotatable bonds is 6. The van der Waals surface area contributed by atoms with Gasteiger partial charge < -0.3 is 5.11 Å². The van der Waals surface area contributed by atoms with E-state index < -0.39 is 0 Å². The molecule has 5 nitrogen and oxygen atoms in total. The molecule has 2 aromatic heterocycles. The van der Waals surface area contributed by atoms with E-state index in [0.29, 0.717) is 6.04 Å². The summed E-state index contributed by atoms with van der Waals surface area (Å²) in [5.74, 6) is 0.846. The lowest BCUT2D eigenvalue weighted by atomic mass is 9.70. The number of pyridine rings is 1. The van der Waals surface area contributed by atoms with Crippen molar-refractivity contribution in [1.82, 2.24) is 19.7 Å². The maximum absolute atomic E-state index is 9.52. The number of aliphatic hydroxyl groups excluding tert-OH is 1. The highest BCUT2D eigenvalue weighted by Crippen LogP contribution is 2.40. The zero-order valence-electron chi connectivity index (χ0n) is 18.3. The van der Waals surface area contributed by atoms with Gasteiger partial charge in [-0.25, -0.2) is 9.67 Å². The molecule has 0 radical (unpaired) electrons. The number of hydrogen-bond donors (Lipinski definition) is 1. The summed E-state index contributed by atoms with van der Waals surface area (Å²) in [4.78, 5) is 6.93. The van der Waals surface area contributed by atoms with Gasteiger partial charge in [0.25, 0.3) is 0 Å². The van der Waals surface area contributed by atoms with E-state index in [9.17, 15) is 5.11 Å². The Hall–Kier alpha value is -2.50. The predicted molar refractivity (Wildman–Crippen MR) is 120 cm³/mol. The van der Waals surface area contributed by atoms with E-state index >= 15 is 0 Å². The van der Waals surface area contributed by atoms with Gasteiger partial charge >= 0.3 is 0 Å². The van der Waals surface area contributed by atoms with Gasteiger partial charge in [0, 0.05) is 37.2 Å². The number of nitrogens with zero attached hydrogens (tertiary/aromatic N) is 4. The van der Waals surface area contributed by atoms with Gasteiger partial charge in [-0.2, -0.15) is 5.10 Å². The molecule has 1 aliphatic rings. The second kappa shape index (κ2) is 8.70. The smallest absolute Gasteiger partial charge is 0.153 e. The van der Waals surface area contributed by atoms with Crippen LogP contribution in [0.15, 0.2) is 55.0 Å². The number of aliphatic hydroxyl groups is 1. The lowest BCUT2D eigenvalue weighted by Gasteiger charge is -2.45. The van der Waals surface area contributed by atoms with Gasteiger partial charge in [-0.1, -0.05) is 36.8 Å². The fourth-order valence-electron chi connectivity index (χ4n) is 4.85. The molecule has 0 aliphatic carbocycles. The Labute approximate surface area is 179 Å². The summed E-state index contributed by atoms with van der Waals surface area (Å²) in [6, 6.07) is 13.0. The Bertz CT molecular complexity index is 984. The Balaban J connectivity index is 1.47. The minimum atomic E-state index is 0.143. The first-order chi connectivity index (χ1) is 14.5. The first kappa shape index (κ1) is 20.8. The maximum atomic E-state index is 9.52. The standard InChI is InChI=1S/C25H32N4O/c1-19-7-8-22(9-13-30)23(14-19)25(3)10-12-28(20(2)15-25)17-21-16-27-29(18-21)24-6-4-5-11-26-24/h4-8,11,14,16,18,20,30H,9-10,12-13,15,17H2,1-3H3/t20-,25-/m0/s1. The van der Waals surface area contributed by atoms with Crippen molar-refractivity contribution < 1.29 is 5.11 Å². The fourth-order valence-corrected chi connectivity index (χ4v) is 4.85. The van der Waals surface area contributed by atoms with Gasteiger partial charge in [-0.15, -0.1) is 0 Å². The normalized spacial score (nSPS) is 22.3. The van der Waals surface area contributed by atoms with E-state index in [4.69, 9.17) is 0 Å². The molecular weight excluding hydrogens is 372 g/mol. The largest absolute Gasteiger partial charge is 0.396 e. The van der Waals surface area contributed by atoms with E-state index in [-0.39, 0.29) is 12.0 Å². The molecule has 4 rings (SSSR count). The Morgan fingerprint density at radius 1 is 1.23 bits per heavy atom. The van der Waals surface area contributed by atoms with Crippen LogP contribution in [-0.4, -0.2) is 44.0 Å². The molecule has 0 amide bonds. The van der Waals surface area contributed by atoms with Gasteiger partial charge in [-0.05, 0) is 68.3 Å². The number of likely N-dealkylation sites (tertiary alicyclic amines) is 1. The quantitative estimate of drug-likeness (QED) is 0.673. The van der Waals surface area contributed by atoms with Gasteiger partial charge in [0.1, 0.15) is 0 Å². The fraction of sp³-hybridized carbons (Fsp3) is 0.440. The second-order valence-corrected chi connectivity index (χ2v) is 8.95. The van der Waals surface area contributed by atoms with Crippen molar-refractivity contribution in [1.29, 1.82) is 0 Å². The summed E-state index contributed by atoms with van der Waals surface area (Å²) in [5, 5.41) is 14.0. The van der Waals surface area contributed by atoms with E-state index in [2.05, 4.69) is 60.1 Å². The zero-order valence-corrected chi connectivity index (χ0v) is 18.3. The minimum absolute atomic E-state index is 0.143. The molecular formula is C25H32N4O. The van der Waals surface area contributed by atoms with Crippen LogP contribution in [0.3, 0.4) is 0 Å². The summed E-state index contributed by atoms with van der Waals surface area (Å²) in [7, 11) is 0. The monoisotopic (exact) mass is 404 g/mol. The van der Waals surface area contributed by atoms with Crippen LogP contribution >= 0.6 is 0 Å². The minimum Gasteiger partial charge on any atom is -0.396 e. The number of piperidine rings is 1. The SMILES string of the molecule is Cc1ccc(CCO)c([C@@]2(C)CCN(Cc3cnn(-c4ccccn4)c3)[C@@H](C)C2)c1. The summed E-state index contributed by atoms with van der Waals surface area (Å²) in [5.41, 5.74) is 5.37. The van der Waals surface area contributed by atoms with Gasteiger partial charge in [0.05, 0.1) is 6.20 Å². The molecule has 3 aromatic rings. The molecule has 1 N–H and O–H groups in total. The molecule has 158 valence electrons. The summed E-state index contributed by atoms with van der Waals surface area (Å²) in [6.07, 6.45) is 8.80. The molecule has 30 heavy (non-hydrogen) atoms. The Morgan fingerprint density at radius 2 is 2.10 bits per heavy atom. The van der Waals surface area contributed by atoms with Crippen molar-refractivity contribution in [3.05, 3.63) is 77.2 Å². The number of benzene rings is 1. The molecule has 1 aliphatic heterocycles. The molecule has 5 heteroatoms. The molecule has 0 bridgehead atoms. The summed E-state index contributed by atoms with van der Waals surface area (Å²) >= 11 is 0. The highest BCUT2D eigenvalue weighted by Gasteiger charge is 2.37. The molecule has 2 atom stereocenters. The molecule has 1 aromatic carbocycles. The summed E-state index contributed by atoms with van der Waals surface area (Å²) < 4.78 is 1.85. The molecule has 0 saturated carbocycles. The van der Waals surface area contributed by atoms with Crippen molar-refractivity contribution in [3.63, 3.8) is 0 Å². The van der Waals surface area contributed by atoms with Crippen LogP contribution in [0, 0.1) is 6.92 Å². The van der Waals surface area contributed by atoms with Crippen molar-refractivity contribution in [2.75, 3.05) is 13.2 Å². The second-order valence-electron chi connectivity index (χ2n) is 8.95. The average molecular weight is 405 g/mol. The maximum Gasteiger partial charge on any atom is 0.153 e. The highest BCUT2D eigenvalue weighted by atomic mass is 16.2. The van der Waals surface area contributed by atoms with E-state index in [1.165, 1.54) is 22.3 Å². The van der Waals surface area contributed by atoms with Crippen LogP contribution in [0.2, 0.25) is 0 Å². The molecule has 0 unspecified atom stereocenters. The Kier molecular flexibility index (Phi) is 6.02. The third-order valence-corrected chi connectivity index (χ3v) is 6.52. The van der Waals surface area contributed by atoms with Crippen LogP contribution in [0.4, 0.5) is 0 Å². The van der Waals surface area contributed by atoms with E-state index in [1.54, 1.807) is 6.20 Å². The zero-order chi connectivity index (χ0) is 21.1. The van der Waals surface area contributed by atoms with Crippen LogP contribution in [0.25, 0.3) is 5.82 Å². The van der Waals surface area contributed by atoms with Crippen LogP contribution in [0.5, 0.6) is 0 Å². The number of aromatic nitrogens is 3. The van der Waals surface area contributed by atoms with E-state index in [1.807, 2.05) is 29.1 Å². The van der Waals surface area contributed by atoms with Crippen molar-refractivity contribution in [2.45, 2.75) is 58.0 Å². The van der Waals surface area contributed by atoms with Gasteiger partial charge in [0.15, 0.2) is 5.82 Å². The molecule has 1 saturated heterocycles.